The van der Waals surface area contributed by atoms with Crippen molar-refractivity contribution in [1.29, 1.82) is 0 Å². The molecular formula is C24H18N6O3. The van der Waals surface area contributed by atoms with Crippen LogP contribution in [0.15, 0.2) is 77.9 Å². The lowest BCUT2D eigenvalue weighted by Crippen LogP contribution is -2.14. The summed E-state index contributed by atoms with van der Waals surface area (Å²) < 4.78 is 1.33. The van der Waals surface area contributed by atoms with E-state index in [4.69, 9.17) is 5.73 Å². The van der Waals surface area contributed by atoms with Crippen LogP contribution in [0.4, 0.5) is 11.5 Å². The third kappa shape index (κ3) is 3.68. The standard InChI is InChI=1S/C24H18N6O3/c25-22-20(24(33)27-15-6-2-1-3-7-15)21-23(29-17-9-5-4-8-16(17)28-21)30(22)26-13-14-10-11-18(31)19(32)12-14/h1-13,31-32H,25H2,(H,27,33)/b26-13-. The van der Waals surface area contributed by atoms with Gasteiger partial charge < -0.3 is 21.3 Å². The number of phenols is 2. The van der Waals surface area contributed by atoms with E-state index in [1.54, 1.807) is 30.3 Å². The van der Waals surface area contributed by atoms with E-state index in [0.29, 0.717) is 33.4 Å². The number of para-hydroxylation sites is 3. The summed E-state index contributed by atoms with van der Waals surface area (Å²) in [4.78, 5) is 22.4. The van der Waals surface area contributed by atoms with Gasteiger partial charge in [0.2, 0.25) is 0 Å². The number of nitrogens with zero attached hydrogens (tertiary/aromatic N) is 4. The molecule has 0 spiro atoms. The van der Waals surface area contributed by atoms with E-state index in [-0.39, 0.29) is 22.9 Å². The van der Waals surface area contributed by atoms with Crippen molar-refractivity contribution in [3.63, 3.8) is 0 Å². The molecule has 5 aromatic rings. The molecule has 0 aliphatic rings. The van der Waals surface area contributed by atoms with E-state index >= 15 is 0 Å². The van der Waals surface area contributed by atoms with Gasteiger partial charge in [0.25, 0.3) is 5.91 Å². The van der Waals surface area contributed by atoms with Gasteiger partial charge in [0.15, 0.2) is 17.1 Å². The topological polar surface area (TPSA) is 139 Å². The predicted octanol–water partition coefficient (Wildman–Crippen LogP) is 3.71. The lowest BCUT2D eigenvalue weighted by Gasteiger charge is -2.05. The Hall–Kier alpha value is -4.92. The van der Waals surface area contributed by atoms with Gasteiger partial charge in [-0.05, 0) is 48.0 Å². The number of carbonyl (C=O) groups is 1. The minimum Gasteiger partial charge on any atom is -0.504 e. The number of nitrogens with two attached hydrogens (primary N) is 1. The van der Waals surface area contributed by atoms with Crippen LogP contribution in [0, 0.1) is 0 Å². The summed E-state index contributed by atoms with van der Waals surface area (Å²) in [6.45, 7) is 0. The summed E-state index contributed by atoms with van der Waals surface area (Å²) in [6, 6.07) is 20.6. The zero-order valence-electron chi connectivity index (χ0n) is 17.2. The van der Waals surface area contributed by atoms with Crippen molar-refractivity contribution >= 4 is 45.8 Å². The normalized spacial score (nSPS) is 11.4. The number of phenolic OH excluding ortho intramolecular Hbond substituents is 2. The number of anilines is 2. The molecule has 0 bridgehead atoms. The summed E-state index contributed by atoms with van der Waals surface area (Å²) >= 11 is 0. The molecule has 0 atom stereocenters. The van der Waals surface area contributed by atoms with Crippen molar-refractivity contribution in [2.24, 2.45) is 5.10 Å². The van der Waals surface area contributed by atoms with Crippen LogP contribution in [0.3, 0.4) is 0 Å². The highest BCUT2D eigenvalue weighted by molar-refractivity contribution is 6.16. The maximum absolute atomic E-state index is 13.2. The summed E-state index contributed by atoms with van der Waals surface area (Å²) in [5.41, 5.74) is 9.50. The maximum atomic E-state index is 13.2. The quantitative estimate of drug-likeness (QED) is 0.249. The first-order valence-corrected chi connectivity index (χ1v) is 10.0. The Morgan fingerprint density at radius 2 is 1.64 bits per heavy atom. The van der Waals surface area contributed by atoms with Crippen molar-refractivity contribution in [2.75, 3.05) is 11.1 Å². The highest BCUT2D eigenvalue weighted by atomic mass is 16.3. The summed E-state index contributed by atoms with van der Waals surface area (Å²) in [5.74, 6) is -0.897. The van der Waals surface area contributed by atoms with E-state index in [0.717, 1.165) is 0 Å². The summed E-state index contributed by atoms with van der Waals surface area (Å²) in [6.07, 6.45) is 1.44. The second-order valence-electron chi connectivity index (χ2n) is 7.27. The smallest absolute Gasteiger partial charge is 0.261 e. The van der Waals surface area contributed by atoms with Crippen LogP contribution in [-0.4, -0.2) is 37.0 Å². The first kappa shape index (κ1) is 20.0. The molecule has 0 saturated carbocycles. The fourth-order valence-corrected chi connectivity index (χ4v) is 3.45. The lowest BCUT2D eigenvalue weighted by molar-refractivity contribution is 0.102. The van der Waals surface area contributed by atoms with E-state index in [1.807, 2.05) is 30.3 Å². The number of nitrogens with one attached hydrogen (secondary N) is 1. The van der Waals surface area contributed by atoms with Crippen LogP contribution in [0.1, 0.15) is 15.9 Å². The summed E-state index contributed by atoms with van der Waals surface area (Å²) in [5, 5.41) is 26.5. The van der Waals surface area contributed by atoms with Gasteiger partial charge in [-0.15, -0.1) is 0 Å². The first-order valence-electron chi connectivity index (χ1n) is 10.0. The number of hydrogen-bond donors (Lipinski definition) is 4. The largest absolute Gasteiger partial charge is 0.504 e. The van der Waals surface area contributed by atoms with Crippen LogP contribution in [0.2, 0.25) is 0 Å². The zero-order valence-corrected chi connectivity index (χ0v) is 17.2. The third-order valence-corrected chi connectivity index (χ3v) is 5.05. The van der Waals surface area contributed by atoms with Gasteiger partial charge >= 0.3 is 0 Å². The molecule has 0 radical (unpaired) electrons. The van der Waals surface area contributed by atoms with Crippen LogP contribution >= 0.6 is 0 Å². The van der Waals surface area contributed by atoms with Crippen molar-refractivity contribution in [2.45, 2.75) is 0 Å². The molecule has 162 valence electrons. The number of fused-ring (bicyclic) bond motifs is 2. The average Bonchev–Trinajstić information content (AvgIpc) is 3.09. The molecule has 5 N–H and O–H groups in total. The van der Waals surface area contributed by atoms with Crippen molar-refractivity contribution in [1.82, 2.24) is 14.6 Å². The van der Waals surface area contributed by atoms with Gasteiger partial charge in [0.05, 0.1) is 17.2 Å². The van der Waals surface area contributed by atoms with Crippen molar-refractivity contribution in [3.05, 3.63) is 83.9 Å². The molecule has 9 heteroatoms. The van der Waals surface area contributed by atoms with Gasteiger partial charge in [-0.2, -0.15) is 9.78 Å². The SMILES string of the molecule is Nc1c(C(=O)Nc2ccccc2)c2nc3ccccc3nc2n1/N=C\c1ccc(O)c(O)c1. The zero-order chi connectivity index (χ0) is 22.9. The van der Waals surface area contributed by atoms with E-state index in [9.17, 15) is 15.0 Å². The van der Waals surface area contributed by atoms with Crippen LogP contribution < -0.4 is 11.1 Å². The van der Waals surface area contributed by atoms with Gasteiger partial charge in [-0.25, -0.2) is 9.97 Å². The Balaban J connectivity index is 1.67. The molecule has 2 heterocycles. The number of rotatable bonds is 4. The average molecular weight is 438 g/mol. The van der Waals surface area contributed by atoms with Crippen LogP contribution in [0.5, 0.6) is 11.5 Å². The molecule has 33 heavy (non-hydrogen) atoms. The minimum absolute atomic E-state index is 0.0630. The number of benzene rings is 3. The highest BCUT2D eigenvalue weighted by Gasteiger charge is 2.24. The van der Waals surface area contributed by atoms with Gasteiger partial charge in [-0.3, -0.25) is 4.79 Å². The van der Waals surface area contributed by atoms with Crippen LogP contribution in [0.25, 0.3) is 22.2 Å². The second-order valence-corrected chi connectivity index (χ2v) is 7.27. The number of amides is 1. The number of aromatic hydroxyl groups is 2. The van der Waals surface area contributed by atoms with Crippen LogP contribution in [-0.2, 0) is 0 Å². The number of aromatic nitrogens is 3. The molecule has 5 rings (SSSR count). The second kappa shape index (κ2) is 7.97. The van der Waals surface area contributed by atoms with Crippen molar-refractivity contribution < 1.29 is 15.0 Å². The molecule has 2 aromatic heterocycles. The fourth-order valence-electron chi connectivity index (χ4n) is 3.45. The Bertz CT molecular complexity index is 1540. The molecular weight excluding hydrogens is 420 g/mol. The fraction of sp³-hybridized carbons (Fsp3) is 0. The molecule has 9 nitrogen and oxygen atoms in total. The maximum Gasteiger partial charge on any atom is 0.261 e. The monoisotopic (exact) mass is 438 g/mol. The Labute approximate surface area is 187 Å². The van der Waals surface area contributed by atoms with E-state index in [2.05, 4.69) is 20.4 Å². The Morgan fingerprint density at radius 3 is 2.36 bits per heavy atom. The van der Waals surface area contributed by atoms with E-state index in [1.165, 1.54) is 23.0 Å². The molecule has 0 aliphatic heterocycles. The lowest BCUT2D eigenvalue weighted by atomic mass is 10.2. The van der Waals surface area contributed by atoms with Gasteiger partial charge in [-0.1, -0.05) is 30.3 Å². The molecule has 0 unspecified atom stereocenters. The third-order valence-electron chi connectivity index (χ3n) is 5.05. The predicted molar refractivity (Wildman–Crippen MR) is 127 cm³/mol. The Morgan fingerprint density at radius 1 is 0.939 bits per heavy atom. The van der Waals surface area contributed by atoms with Crippen molar-refractivity contribution in [3.8, 4) is 11.5 Å². The Kier molecular flexibility index (Phi) is 4.83. The van der Waals surface area contributed by atoms with E-state index < -0.39 is 5.91 Å². The number of carbonyl (C=O) groups excluding carboxylic acids is 1. The van der Waals surface area contributed by atoms with Gasteiger partial charge in [0, 0.05) is 5.69 Å². The first-order chi connectivity index (χ1) is 16.0. The summed E-state index contributed by atoms with van der Waals surface area (Å²) in [7, 11) is 0. The molecule has 1 amide bonds. The molecule has 0 aliphatic carbocycles. The molecule has 0 saturated heterocycles. The molecule has 0 fully saturated rings. The molecule has 3 aromatic carbocycles. The number of hydrogen-bond acceptors (Lipinski definition) is 7. The highest BCUT2D eigenvalue weighted by Crippen LogP contribution is 2.29. The van der Waals surface area contributed by atoms with Gasteiger partial charge in [0.1, 0.15) is 16.9 Å². The number of nitrogen functional groups attached to an aromatic ring is 1. The minimum atomic E-state index is -0.440.